The number of carbonyl (C=O) groups excluding carboxylic acids is 1. The van der Waals surface area contributed by atoms with Crippen molar-refractivity contribution in [3.8, 4) is 0 Å². The summed E-state index contributed by atoms with van der Waals surface area (Å²) in [5.74, 6) is -1.25. The number of aliphatic hydroxyl groups excluding tert-OH is 1. The predicted molar refractivity (Wildman–Crippen MR) is 65.3 cm³/mol. The first-order chi connectivity index (χ1) is 8.43. The van der Waals surface area contributed by atoms with Crippen LogP contribution in [-0.2, 0) is 4.79 Å². The molecule has 7 nitrogen and oxygen atoms in total. The third-order valence-corrected chi connectivity index (χ3v) is 3.33. The van der Waals surface area contributed by atoms with Crippen molar-refractivity contribution < 1.29 is 19.8 Å². The lowest BCUT2D eigenvalue weighted by molar-refractivity contribution is -0.140. The van der Waals surface area contributed by atoms with Gasteiger partial charge in [-0.25, -0.2) is 9.59 Å². The van der Waals surface area contributed by atoms with Crippen LogP contribution in [0, 0.1) is 0 Å². The lowest BCUT2D eigenvalue weighted by Crippen LogP contribution is -2.53. The van der Waals surface area contributed by atoms with Gasteiger partial charge in [0.15, 0.2) is 6.04 Å². The van der Waals surface area contributed by atoms with Crippen LogP contribution in [0.15, 0.2) is 0 Å². The summed E-state index contributed by atoms with van der Waals surface area (Å²) in [4.78, 5) is 24.4. The Bertz CT molecular complexity index is 311. The molecular weight excluding hydrogens is 238 g/mol. The van der Waals surface area contributed by atoms with Crippen LogP contribution in [0.1, 0.15) is 19.8 Å². The molecule has 1 aliphatic rings. The van der Waals surface area contributed by atoms with E-state index in [-0.39, 0.29) is 6.04 Å². The number of carbonyl (C=O) groups is 2. The minimum absolute atomic E-state index is 0.0457. The van der Waals surface area contributed by atoms with E-state index in [2.05, 4.69) is 22.5 Å². The van der Waals surface area contributed by atoms with E-state index in [1.807, 2.05) is 7.05 Å². The second kappa shape index (κ2) is 6.55. The molecule has 0 aliphatic carbocycles. The van der Waals surface area contributed by atoms with Crippen LogP contribution in [0.4, 0.5) is 4.79 Å². The number of likely N-dealkylation sites (tertiary alicyclic amines) is 1. The lowest BCUT2D eigenvalue weighted by atomic mass is 9.99. The number of hydrogen-bond donors (Lipinski definition) is 4. The Morgan fingerprint density at radius 3 is 2.67 bits per heavy atom. The van der Waals surface area contributed by atoms with Gasteiger partial charge in [0.05, 0.1) is 6.61 Å². The van der Waals surface area contributed by atoms with Gasteiger partial charge in [-0.15, -0.1) is 0 Å². The second-order valence-corrected chi connectivity index (χ2v) is 4.74. The SMILES string of the molecule is CC1CC(NC(=O)NC(CO)C(=O)O)CCN1C. The van der Waals surface area contributed by atoms with Crippen LogP contribution in [0.2, 0.25) is 0 Å². The van der Waals surface area contributed by atoms with Gasteiger partial charge < -0.3 is 25.7 Å². The number of amides is 2. The molecule has 0 radical (unpaired) electrons. The highest BCUT2D eigenvalue weighted by Gasteiger charge is 2.25. The van der Waals surface area contributed by atoms with Gasteiger partial charge in [0.2, 0.25) is 0 Å². The van der Waals surface area contributed by atoms with Crippen molar-refractivity contribution in [1.29, 1.82) is 0 Å². The molecule has 0 aromatic rings. The largest absolute Gasteiger partial charge is 0.480 e. The van der Waals surface area contributed by atoms with Crippen LogP contribution in [0.5, 0.6) is 0 Å². The molecule has 3 atom stereocenters. The maximum absolute atomic E-state index is 11.6. The van der Waals surface area contributed by atoms with E-state index >= 15 is 0 Å². The van der Waals surface area contributed by atoms with Gasteiger partial charge in [-0.05, 0) is 26.8 Å². The van der Waals surface area contributed by atoms with Crippen molar-refractivity contribution in [3.63, 3.8) is 0 Å². The first-order valence-corrected chi connectivity index (χ1v) is 6.05. The molecule has 1 aliphatic heterocycles. The fraction of sp³-hybridized carbons (Fsp3) is 0.818. The molecule has 0 spiro atoms. The number of carboxylic acid groups (broad SMARTS) is 1. The number of urea groups is 1. The number of aliphatic hydroxyl groups is 1. The Hall–Kier alpha value is -1.34. The van der Waals surface area contributed by atoms with E-state index in [1.165, 1.54) is 0 Å². The molecule has 18 heavy (non-hydrogen) atoms. The average molecular weight is 259 g/mol. The number of piperidine rings is 1. The Kier molecular flexibility index (Phi) is 5.36. The third-order valence-electron chi connectivity index (χ3n) is 3.33. The molecule has 104 valence electrons. The van der Waals surface area contributed by atoms with E-state index in [9.17, 15) is 9.59 Å². The van der Waals surface area contributed by atoms with Crippen molar-refractivity contribution in [3.05, 3.63) is 0 Å². The molecule has 3 unspecified atom stereocenters. The molecule has 0 aromatic heterocycles. The van der Waals surface area contributed by atoms with Crippen molar-refractivity contribution in [2.45, 2.75) is 37.9 Å². The fourth-order valence-corrected chi connectivity index (χ4v) is 1.99. The summed E-state index contributed by atoms with van der Waals surface area (Å²) in [5, 5.41) is 22.5. The molecule has 7 heteroatoms. The maximum Gasteiger partial charge on any atom is 0.328 e. The second-order valence-electron chi connectivity index (χ2n) is 4.74. The quantitative estimate of drug-likeness (QED) is 0.530. The van der Waals surface area contributed by atoms with E-state index in [0.717, 1.165) is 19.4 Å². The maximum atomic E-state index is 11.6. The summed E-state index contributed by atoms with van der Waals surface area (Å²) < 4.78 is 0. The van der Waals surface area contributed by atoms with Crippen LogP contribution in [0.25, 0.3) is 0 Å². The van der Waals surface area contributed by atoms with Gasteiger partial charge in [-0.2, -0.15) is 0 Å². The standard InChI is InChI=1S/C11H21N3O4/c1-7-5-8(3-4-14(7)2)12-11(18)13-9(6-15)10(16)17/h7-9,15H,3-6H2,1-2H3,(H,16,17)(H2,12,13,18). The van der Waals surface area contributed by atoms with E-state index in [4.69, 9.17) is 10.2 Å². The number of nitrogens with zero attached hydrogens (tertiary/aromatic N) is 1. The molecule has 2 amide bonds. The third kappa shape index (κ3) is 4.15. The highest BCUT2D eigenvalue weighted by Crippen LogP contribution is 2.14. The van der Waals surface area contributed by atoms with E-state index < -0.39 is 24.6 Å². The summed E-state index contributed by atoms with van der Waals surface area (Å²) in [6, 6.07) is -1.37. The number of hydrogen-bond acceptors (Lipinski definition) is 4. The average Bonchev–Trinajstić information content (AvgIpc) is 2.30. The zero-order chi connectivity index (χ0) is 13.7. The van der Waals surface area contributed by atoms with Crippen molar-refractivity contribution in [2.24, 2.45) is 0 Å². The summed E-state index contributed by atoms with van der Waals surface area (Å²) >= 11 is 0. The van der Waals surface area contributed by atoms with Gasteiger partial charge in [0.1, 0.15) is 0 Å². The molecule has 1 heterocycles. The number of nitrogens with one attached hydrogen (secondary N) is 2. The lowest BCUT2D eigenvalue weighted by Gasteiger charge is -2.35. The summed E-state index contributed by atoms with van der Waals surface area (Å²) in [5.41, 5.74) is 0. The molecule has 1 rings (SSSR count). The highest BCUT2D eigenvalue weighted by molar-refractivity contribution is 5.82. The van der Waals surface area contributed by atoms with Crippen molar-refractivity contribution in [2.75, 3.05) is 20.2 Å². The van der Waals surface area contributed by atoms with Crippen molar-refractivity contribution in [1.82, 2.24) is 15.5 Å². The zero-order valence-corrected chi connectivity index (χ0v) is 10.7. The summed E-state index contributed by atoms with van der Waals surface area (Å²) in [6.45, 7) is 2.36. The fourth-order valence-electron chi connectivity index (χ4n) is 1.99. The molecule has 0 saturated carbocycles. The van der Waals surface area contributed by atoms with E-state index in [1.54, 1.807) is 0 Å². The molecule has 0 aromatic carbocycles. The first kappa shape index (κ1) is 14.7. The van der Waals surface area contributed by atoms with Crippen LogP contribution in [0.3, 0.4) is 0 Å². The van der Waals surface area contributed by atoms with Crippen LogP contribution >= 0.6 is 0 Å². The molecule has 4 N–H and O–H groups in total. The summed E-state index contributed by atoms with van der Waals surface area (Å²) in [7, 11) is 2.03. The van der Waals surface area contributed by atoms with Crippen LogP contribution in [-0.4, -0.2) is 65.4 Å². The molecular formula is C11H21N3O4. The smallest absolute Gasteiger partial charge is 0.328 e. The zero-order valence-electron chi connectivity index (χ0n) is 10.7. The Balaban J connectivity index is 2.38. The van der Waals surface area contributed by atoms with Crippen molar-refractivity contribution >= 4 is 12.0 Å². The Morgan fingerprint density at radius 2 is 2.17 bits per heavy atom. The first-order valence-electron chi connectivity index (χ1n) is 6.05. The number of aliphatic carboxylic acids is 1. The highest BCUT2D eigenvalue weighted by atomic mass is 16.4. The number of carboxylic acids is 1. The van der Waals surface area contributed by atoms with E-state index in [0.29, 0.717) is 6.04 Å². The van der Waals surface area contributed by atoms with Gasteiger partial charge >= 0.3 is 12.0 Å². The topological polar surface area (TPSA) is 102 Å². The monoisotopic (exact) mass is 259 g/mol. The molecule has 0 bridgehead atoms. The molecule has 1 fully saturated rings. The summed E-state index contributed by atoms with van der Waals surface area (Å²) in [6.07, 6.45) is 1.67. The predicted octanol–water partition coefficient (Wildman–Crippen LogP) is -0.786. The normalized spacial score (nSPS) is 26.4. The minimum Gasteiger partial charge on any atom is -0.480 e. The molecule has 1 saturated heterocycles. The van der Waals surface area contributed by atoms with Crippen LogP contribution < -0.4 is 10.6 Å². The Labute approximate surface area is 106 Å². The van der Waals surface area contributed by atoms with Gasteiger partial charge in [0.25, 0.3) is 0 Å². The van der Waals surface area contributed by atoms with Gasteiger partial charge in [0, 0.05) is 18.6 Å². The van der Waals surface area contributed by atoms with Gasteiger partial charge in [-0.1, -0.05) is 0 Å². The van der Waals surface area contributed by atoms with Gasteiger partial charge in [-0.3, -0.25) is 0 Å². The number of rotatable bonds is 4. The Morgan fingerprint density at radius 1 is 1.50 bits per heavy atom. The minimum atomic E-state index is -1.26.